The summed E-state index contributed by atoms with van der Waals surface area (Å²) in [4.78, 5) is 16.5. The monoisotopic (exact) mass is 321 g/mol. The van der Waals surface area contributed by atoms with Crippen molar-refractivity contribution in [3.8, 4) is 0 Å². The molecule has 0 N–H and O–H groups in total. The van der Waals surface area contributed by atoms with Gasteiger partial charge in [-0.25, -0.2) is 4.39 Å². The van der Waals surface area contributed by atoms with Crippen LogP contribution in [0.2, 0.25) is 0 Å². The first-order chi connectivity index (χ1) is 8.97. The van der Waals surface area contributed by atoms with Gasteiger partial charge in [-0.15, -0.1) is 0 Å². The molecule has 1 heterocycles. The molecule has 4 heteroatoms. The van der Waals surface area contributed by atoms with Gasteiger partial charge in [-0.2, -0.15) is 0 Å². The van der Waals surface area contributed by atoms with Crippen molar-refractivity contribution in [2.45, 2.75) is 20.3 Å². The zero-order chi connectivity index (χ0) is 14.0. The van der Waals surface area contributed by atoms with Gasteiger partial charge in [0.2, 0.25) is 0 Å². The van der Waals surface area contributed by atoms with Crippen LogP contribution >= 0.6 is 15.9 Å². The number of nitrogens with zero attached hydrogens (tertiary/aromatic N) is 1. The lowest BCUT2D eigenvalue weighted by Crippen LogP contribution is -2.08. The van der Waals surface area contributed by atoms with E-state index in [9.17, 15) is 9.18 Å². The fourth-order valence-electron chi connectivity index (χ4n) is 1.91. The molecular formula is C15H13BrFNO. The molecule has 2 rings (SSSR count). The highest BCUT2D eigenvalue weighted by molar-refractivity contribution is 9.10. The Kier molecular flexibility index (Phi) is 4.10. The van der Waals surface area contributed by atoms with E-state index in [1.807, 2.05) is 19.9 Å². The lowest BCUT2D eigenvalue weighted by Gasteiger charge is -2.07. The molecule has 98 valence electrons. The Hall–Kier alpha value is -1.55. The summed E-state index contributed by atoms with van der Waals surface area (Å²) in [6, 6.07) is 7.95. The summed E-state index contributed by atoms with van der Waals surface area (Å²) < 4.78 is 13.6. The summed E-state index contributed by atoms with van der Waals surface area (Å²) >= 11 is 3.27. The Bertz CT molecular complexity index is 640. The van der Waals surface area contributed by atoms with Gasteiger partial charge in [-0.3, -0.25) is 9.78 Å². The second-order valence-corrected chi connectivity index (χ2v) is 5.28. The second kappa shape index (κ2) is 5.61. The van der Waals surface area contributed by atoms with Gasteiger partial charge in [-0.1, -0.05) is 22.0 Å². The van der Waals surface area contributed by atoms with Gasteiger partial charge in [0.05, 0.1) is 0 Å². The van der Waals surface area contributed by atoms with E-state index in [0.29, 0.717) is 10.0 Å². The summed E-state index contributed by atoms with van der Waals surface area (Å²) in [6.07, 6.45) is 0.229. The number of Topliss-reactive ketones (excluding diaryl/α,β-unsaturated/α-hetero) is 1. The van der Waals surface area contributed by atoms with Gasteiger partial charge in [0.25, 0.3) is 0 Å². The van der Waals surface area contributed by atoms with Crippen molar-refractivity contribution in [3.63, 3.8) is 0 Å². The third-order valence-electron chi connectivity index (χ3n) is 2.89. The van der Waals surface area contributed by atoms with Crippen LogP contribution in [0.3, 0.4) is 0 Å². The number of carbonyl (C=O) groups excluding carboxylic acids is 1. The van der Waals surface area contributed by atoms with Crippen molar-refractivity contribution < 1.29 is 9.18 Å². The average Bonchev–Trinajstić information content (AvgIpc) is 2.32. The summed E-state index contributed by atoms with van der Waals surface area (Å²) in [6.45, 7) is 3.71. The molecule has 0 bridgehead atoms. The van der Waals surface area contributed by atoms with Crippen LogP contribution in [0.4, 0.5) is 4.39 Å². The molecule has 1 aromatic heterocycles. The molecule has 2 aromatic rings. The van der Waals surface area contributed by atoms with Crippen molar-refractivity contribution in [1.29, 1.82) is 0 Å². The Labute approximate surface area is 119 Å². The highest BCUT2D eigenvalue weighted by Gasteiger charge is 2.13. The van der Waals surface area contributed by atoms with E-state index in [2.05, 4.69) is 20.9 Å². The van der Waals surface area contributed by atoms with Gasteiger partial charge in [0.15, 0.2) is 5.78 Å². The van der Waals surface area contributed by atoms with Gasteiger partial charge in [0, 0.05) is 27.8 Å². The normalized spacial score (nSPS) is 10.5. The SMILES string of the molecule is Cc1ccc(C(=O)Cc2ccc(F)cc2Br)c(C)n1. The molecule has 0 spiro atoms. The Balaban J connectivity index is 2.25. The molecule has 0 aliphatic heterocycles. The fourth-order valence-corrected chi connectivity index (χ4v) is 2.41. The topological polar surface area (TPSA) is 30.0 Å². The predicted octanol–water partition coefficient (Wildman–Crippen LogP) is 4.03. The summed E-state index contributed by atoms with van der Waals surface area (Å²) in [5.41, 5.74) is 2.99. The highest BCUT2D eigenvalue weighted by atomic mass is 79.9. The van der Waals surface area contributed by atoms with Crippen LogP contribution in [0.25, 0.3) is 0 Å². The van der Waals surface area contributed by atoms with Crippen molar-refractivity contribution in [3.05, 3.63) is 63.1 Å². The summed E-state index contributed by atoms with van der Waals surface area (Å²) in [5, 5.41) is 0. The van der Waals surface area contributed by atoms with Crippen LogP contribution < -0.4 is 0 Å². The van der Waals surface area contributed by atoms with E-state index in [-0.39, 0.29) is 18.0 Å². The first kappa shape index (κ1) is 13.9. The van der Waals surface area contributed by atoms with E-state index >= 15 is 0 Å². The predicted molar refractivity (Wildman–Crippen MR) is 75.8 cm³/mol. The van der Waals surface area contributed by atoms with Gasteiger partial charge in [-0.05, 0) is 43.7 Å². The molecule has 0 aliphatic carbocycles. The minimum Gasteiger partial charge on any atom is -0.294 e. The number of rotatable bonds is 3. The molecule has 1 aromatic carbocycles. The quantitative estimate of drug-likeness (QED) is 0.799. The summed E-state index contributed by atoms with van der Waals surface area (Å²) in [7, 11) is 0. The standard InChI is InChI=1S/C15H13BrFNO/c1-9-3-6-13(10(2)18-9)15(19)7-11-4-5-12(17)8-14(11)16/h3-6,8H,7H2,1-2H3. The zero-order valence-corrected chi connectivity index (χ0v) is 12.3. The number of ketones is 1. The van der Waals surface area contributed by atoms with Gasteiger partial charge in [0.1, 0.15) is 5.82 Å². The molecule has 0 radical (unpaired) electrons. The smallest absolute Gasteiger partial charge is 0.169 e. The second-order valence-electron chi connectivity index (χ2n) is 4.42. The van der Waals surface area contributed by atoms with Crippen LogP contribution in [0.15, 0.2) is 34.8 Å². The first-order valence-corrected chi connectivity index (χ1v) is 6.68. The van der Waals surface area contributed by atoms with Crippen LogP contribution in [0, 0.1) is 19.7 Å². The molecule has 19 heavy (non-hydrogen) atoms. The molecular weight excluding hydrogens is 309 g/mol. The van der Waals surface area contributed by atoms with Crippen LogP contribution in [-0.2, 0) is 6.42 Å². The van der Waals surface area contributed by atoms with Crippen molar-refractivity contribution in [2.24, 2.45) is 0 Å². The Morgan fingerprint density at radius 1 is 1.26 bits per heavy atom. The third kappa shape index (κ3) is 3.26. The molecule has 0 fully saturated rings. The maximum atomic E-state index is 13.0. The lowest BCUT2D eigenvalue weighted by molar-refractivity contribution is 0.0991. The number of halogens is 2. The molecule has 0 unspecified atom stereocenters. The van der Waals surface area contributed by atoms with E-state index in [1.165, 1.54) is 12.1 Å². The Morgan fingerprint density at radius 2 is 2.00 bits per heavy atom. The molecule has 0 atom stereocenters. The number of benzene rings is 1. The Morgan fingerprint density at radius 3 is 2.63 bits per heavy atom. The number of carbonyl (C=O) groups is 1. The maximum absolute atomic E-state index is 13.0. The van der Waals surface area contributed by atoms with E-state index in [0.717, 1.165) is 17.0 Å². The minimum absolute atomic E-state index is 0.0164. The van der Waals surface area contributed by atoms with Crippen LogP contribution in [0.1, 0.15) is 27.3 Å². The number of aromatic nitrogens is 1. The van der Waals surface area contributed by atoms with Crippen molar-refractivity contribution >= 4 is 21.7 Å². The van der Waals surface area contributed by atoms with Crippen molar-refractivity contribution in [2.75, 3.05) is 0 Å². The zero-order valence-electron chi connectivity index (χ0n) is 10.7. The average molecular weight is 322 g/mol. The highest BCUT2D eigenvalue weighted by Crippen LogP contribution is 2.20. The number of hydrogen-bond donors (Lipinski definition) is 0. The fraction of sp³-hybridized carbons (Fsp3) is 0.200. The van der Waals surface area contributed by atoms with E-state index in [4.69, 9.17) is 0 Å². The lowest BCUT2D eigenvalue weighted by atomic mass is 10.0. The molecule has 0 saturated heterocycles. The first-order valence-electron chi connectivity index (χ1n) is 5.89. The largest absolute Gasteiger partial charge is 0.294 e. The minimum atomic E-state index is -0.323. The molecule has 0 saturated carbocycles. The van der Waals surface area contributed by atoms with Gasteiger partial charge >= 0.3 is 0 Å². The number of pyridine rings is 1. The third-order valence-corrected chi connectivity index (χ3v) is 3.63. The van der Waals surface area contributed by atoms with Crippen molar-refractivity contribution in [1.82, 2.24) is 4.98 Å². The van der Waals surface area contributed by atoms with Crippen LogP contribution in [0.5, 0.6) is 0 Å². The van der Waals surface area contributed by atoms with E-state index in [1.54, 1.807) is 12.1 Å². The summed E-state index contributed by atoms with van der Waals surface area (Å²) in [5.74, 6) is -0.339. The number of hydrogen-bond acceptors (Lipinski definition) is 2. The number of aryl methyl sites for hydroxylation is 2. The van der Waals surface area contributed by atoms with Crippen LogP contribution in [-0.4, -0.2) is 10.8 Å². The molecule has 2 nitrogen and oxygen atoms in total. The molecule has 0 aliphatic rings. The molecule has 0 amide bonds. The van der Waals surface area contributed by atoms with E-state index < -0.39 is 0 Å². The maximum Gasteiger partial charge on any atom is 0.169 e. The van der Waals surface area contributed by atoms with Gasteiger partial charge < -0.3 is 0 Å².